The summed E-state index contributed by atoms with van der Waals surface area (Å²) in [5, 5.41) is 11.0. The van der Waals surface area contributed by atoms with Gasteiger partial charge in [-0.05, 0) is 34.5 Å². The molecule has 45 heavy (non-hydrogen) atoms. The number of carbonyl (C=O) groups excluding carboxylic acids is 1. The zero-order chi connectivity index (χ0) is 32.9. The van der Waals surface area contributed by atoms with Crippen LogP contribution in [0.3, 0.4) is 0 Å². The third kappa shape index (κ3) is 10.0. The number of rotatable bonds is 18. The van der Waals surface area contributed by atoms with E-state index in [0.717, 1.165) is 15.9 Å². The summed E-state index contributed by atoms with van der Waals surface area (Å²) in [4.78, 5) is 11.6. The van der Waals surface area contributed by atoms with Crippen LogP contribution in [0.1, 0.15) is 33.3 Å². The topological polar surface area (TPSA) is 112 Å². The quantitative estimate of drug-likeness (QED) is 0.126. The van der Waals surface area contributed by atoms with E-state index in [9.17, 15) is 18.3 Å². The molecule has 0 saturated heterocycles. The van der Waals surface area contributed by atoms with Crippen LogP contribution in [0.25, 0.3) is 0 Å². The molecule has 0 bridgehead atoms. The first-order valence-electron chi connectivity index (χ1n) is 15.2. The number of carbonyl (C=O) groups is 1. The van der Waals surface area contributed by atoms with E-state index in [1.807, 2.05) is 43.3 Å². The van der Waals surface area contributed by atoms with Crippen LogP contribution in [0, 0.1) is 6.92 Å². The van der Waals surface area contributed by atoms with Crippen LogP contribution in [-0.4, -0.2) is 91.0 Å². The van der Waals surface area contributed by atoms with E-state index in [0.29, 0.717) is 0 Å². The monoisotopic (exact) mass is 657 g/mol. The number of sulfonamides is 1. The highest BCUT2D eigenvalue weighted by Crippen LogP contribution is 2.37. The lowest BCUT2D eigenvalue weighted by Crippen LogP contribution is -2.67. The molecular formula is C34H47NO8SSi. The van der Waals surface area contributed by atoms with Gasteiger partial charge >= 0.3 is 5.97 Å². The highest BCUT2D eigenvalue weighted by molar-refractivity contribution is 7.89. The van der Waals surface area contributed by atoms with Crippen molar-refractivity contribution in [2.75, 3.05) is 52.7 Å². The largest absolute Gasteiger partial charge is 0.463 e. The molecule has 3 rings (SSSR count). The van der Waals surface area contributed by atoms with Crippen molar-refractivity contribution in [1.29, 1.82) is 0 Å². The number of nitrogens with zero attached hydrogens (tertiary/aromatic N) is 1. The van der Waals surface area contributed by atoms with Crippen LogP contribution < -0.4 is 10.4 Å². The van der Waals surface area contributed by atoms with Crippen molar-refractivity contribution in [2.24, 2.45) is 0 Å². The predicted octanol–water partition coefficient (Wildman–Crippen LogP) is 3.52. The number of aryl methyl sites for hydroxylation is 1. The molecule has 0 heterocycles. The Morgan fingerprint density at radius 3 is 1.96 bits per heavy atom. The molecule has 0 spiro atoms. The van der Waals surface area contributed by atoms with Crippen molar-refractivity contribution < 1.29 is 37.0 Å². The summed E-state index contributed by atoms with van der Waals surface area (Å²) >= 11 is 0. The molecule has 0 fully saturated rings. The maximum absolute atomic E-state index is 13.9. The van der Waals surface area contributed by atoms with Gasteiger partial charge in [-0.2, -0.15) is 4.31 Å². The number of hydrogen-bond acceptors (Lipinski definition) is 8. The molecule has 1 atom stereocenters. The van der Waals surface area contributed by atoms with Crippen molar-refractivity contribution in [1.82, 2.24) is 4.31 Å². The lowest BCUT2D eigenvalue weighted by atomic mass is 10.2. The summed E-state index contributed by atoms with van der Waals surface area (Å²) in [5.41, 5.74) is 0.942. The van der Waals surface area contributed by atoms with Crippen LogP contribution in [0.4, 0.5) is 0 Å². The lowest BCUT2D eigenvalue weighted by molar-refractivity contribution is -0.143. The Hall–Kier alpha value is -2.90. The van der Waals surface area contributed by atoms with Crippen molar-refractivity contribution >= 4 is 34.7 Å². The molecule has 9 nitrogen and oxygen atoms in total. The van der Waals surface area contributed by atoms with Gasteiger partial charge in [0.05, 0.1) is 44.0 Å². The Kier molecular flexibility index (Phi) is 13.9. The average molecular weight is 658 g/mol. The zero-order valence-corrected chi connectivity index (χ0v) is 28.8. The number of hydrogen-bond donors (Lipinski definition) is 1. The molecule has 0 aromatic heterocycles. The van der Waals surface area contributed by atoms with Gasteiger partial charge in [-0.3, -0.25) is 4.79 Å². The van der Waals surface area contributed by atoms with E-state index in [1.54, 1.807) is 24.3 Å². The second-order valence-electron chi connectivity index (χ2n) is 11.8. The first-order valence-corrected chi connectivity index (χ1v) is 18.5. The molecule has 0 amide bonds. The number of ether oxygens (including phenoxy) is 3. The Morgan fingerprint density at radius 2 is 1.44 bits per heavy atom. The minimum atomic E-state index is -3.95. The van der Waals surface area contributed by atoms with Gasteiger partial charge in [-0.1, -0.05) is 99.1 Å². The molecule has 3 aromatic carbocycles. The summed E-state index contributed by atoms with van der Waals surface area (Å²) in [7, 11) is -6.92. The van der Waals surface area contributed by atoms with Crippen LogP contribution in [0.5, 0.6) is 0 Å². The van der Waals surface area contributed by atoms with Crippen LogP contribution >= 0.6 is 0 Å². The number of aliphatic hydroxyl groups is 1. The van der Waals surface area contributed by atoms with Gasteiger partial charge in [0, 0.05) is 20.0 Å². The van der Waals surface area contributed by atoms with Gasteiger partial charge in [0.1, 0.15) is 6.61 Å². The number of esters is 1. The molecule has 1 N–H and O–H groups in total. The van der Waals surface area contributed by atoms with Crippen LogP contribution in [0.2, 0.25) is 5.04 Å². The summed E-state index contributed by atoms with van der Waals surface area (Å²) in [6.07, 6.45) is -0.708. The fraction of sp³-hybridized carbons (Fsp3) is 0.441. The van der Waals surface area contributed by atoms with E-state index in [-0.39, 0.29) is 62.7 Å². The highest BCUT2D eigenvalue weighted by Gasteiger charge is 2.50. The minimum absolute atomic E-state index is 0.0232. The average Bonchev–Trinajstić information content (AvgIpc) is 3.01. The van der Waals surface area contributed by atoms with Crippen molar-refractivity contribution in [3.8, 4) is 0 Å². The predicted molar refractivity (Wildman–Crippen MR) is 178 cm³/mol. The molecule has 0 aliphatic rings. The molecule has 0 aliphatic heterocycles. The van der Waals surface area contributed by atoms with Gasteiger partial charge in [0.15, 0.2) is 0 Å². The first-order chi connectivity index (χ1) is 21.4. The standard InChI is InChI=1S/C34H47NO8SSi/c1-28-16-18-31(19-17-28)44(38,39)35(20-22-40-23-21-36)26-30(42-25-24-41-29(2)37)27-43-45(34(3,4)5,32-12-8-6-9-13-32)33-14-10-7-11-15-33/h6-19,30,36H,20-27H2,1-5H3/t30-/m0/s1. The second kappa shape index (κ2) is 17.1. The Balaban J connectivity index is 2.01. The van der Waals surface area contributed by atoms with Crippen molar-refractivity contribution in [3.63, 3.8) is 0 Å². The molecule has 0 unspecified atom stereocenters. The number of benzene rings is 3. The van der Waals surface area contributed by atoms with Crippen LogP contribution in [0.15, 0.2) is 89.8 Å². The molecule has 3 aromatic rings. The fourth-order valence-corrected chi connectivity index (χ4v) is 11.3. The summed E-state index contributed by atoms with van der Waals surface area (Å²) < 4.78 is 53.1. The highest BCUT2D eigenvalue weighted by atomic mass is 32.2. The maximum atomic E-state index is 13.9. The summed E-state index contributed by atoms with van der Waals surface area (Å²) in [5.74, 6) is -0.427. The first kappa shape index (κ1) is 36.6. The van der Waals surface area contributed by atoms with E-state index >= 15 is 0 Å². The SMILES string of the molecule is CC(=O)OCCO[C@H](CO[Si](c1ccccc1)(c1ccccc1)C(C)(C)C)CN(CCOCCO)S(=O)(=O)c1ccc(C)cc1. The van der Waals surface area contributed by atoms with E-state index < -0.39 is 30.4 Å². The van der Waals surface area contributed by atoms with Gasteiger partial charge < -0.3 is 23.7 Å². The Labute approximate surface area is 269 Å². The van der Waals surface area contributed by atoms with Crippen molar-refractivity contribution in [3.05, 3.63) is 90.5 Å². The molecule has 11 heteroatoms. The zero-order valence-electron chi connectivity index (χ0n) is 27.0. The van der Waals surface area contributed by atoms with Gasteiger partial charge in [-0.15, -0.1) is 0 Å². The summed E-state index contributed by atoms with van der Waals surface area (Å²) in [6, 6.07) is 27.0. The summed E-state index contributed by atoms with van der Waals surface area (Å²) in [6.45, 7) is 9.92. The third-order valence-corrected chi connectivity index (χ3v) is 14.3. The Morgan fingerprint density at radius 1 is 0.867 bits per heavy atom. The number of aliphatic hydroxyl groups excluding tert-OH is 1. The van der Waals surface area contributed by atoms with E-state index in [2.05, 4.69) is 45.0 Å². The van der Waals surface area contributed by atoms with Crippen molar-refractivity contribution in [2.45, 2.75) is 50.7 Å². The molecule has 246 valence electrons. The van der Waals surface area contributed by atoms with E-state index in [4.69, 9.17) is 18.6 Å². The smallest absolute Gasteiger partial charge is 0.302 e. The molecule has 0 radical (unpaired) electrons. The Bertz CT molecular complexity index is 1370. The normalized spacial score (nSPS) is 13.1. The lowest BCUT2D eigenvalue weighted by Gasteiger charge is -2.44. The molecule has 0 saturated carbocycles. The molecular weight excluding hydrogens is 611 g/mol. The third-order valence-electron chi connectivity index (χ3n) is 7.43. The second-order valence-corrected chi connectivity index (χ2v) is 18.1. The van der Waals surface area contributed by atoms with Crippen LogP contribution in [-0.2, 0) is 33.5 Å². The molecule has 0 aliphatic carbocycles. The van der Waals surface area contributed by atoms with E-state index in [1.165, 1.54) is 11.2 Å². The van der Waals surface area contributed by atoms with Gasteiger partial charge in [-0.25, -0.2) is 8.42 Å². The maximum Gasteiger partial charge on any atom is 0.302 e. The fourth-order valence-electron chi connectivity index (χ4n) is 5.26. The minimum Gasteiger partial charge on any atom is -0.463 e. The van der Waals surface area contributed by atoms with Gasteiger partial charge in [0.25, 0.3) is 8.32 Å². The van der Waals surface area contributed by atoms with Gasteiger partial charge in [0.2, 0.25) is 10.0 Å².